The van der Waals surface area contributed by atoms with Crippen molar-refractivity contribution in [3.05, 3.63) is 65.2 Å². The fraction of sp³-hybridized carbons (Fsp3) is 0.188. The Morgan fingerprint density at radius 1 is 1.16 bits per heavy atom. The summed E-state index contributed by atoms with van der Waals surface area (Å²) in [5, 5.41) is 6.33. The van der Waals surface area contributed by atoms with Crippen molar-refractivity contribution in [2.45, 2.75) is 12.3 Å². The Bertz CT molecular complexity index is 933. The Morgan fingerprint density at radius 3 is 2.60 bits per heavy atom. The fourth-order valence-electron chi connectivity index (χ4n) is 2.32. The third-order valence-corrected chi connectivity index (χ3v) is 5.61. The van der Waals surface area contributed by atoms with Crippen LogP contribution in [0.4, 0.5) is 8.78 Å². The van der Waals surface area contributed by atoms with Crippen LogP contribution in [0.25, 0.3) is 10.6 Å². The molecule has 5 nitrogen and oxygen atoms in total. The molecule has 3 aromatic rings. The number of benzene rings is 1. The number of rotatable bonds is 7. The third-order valence-electron chi connectivity index (χ3n) is 3.36. The minimum Gasteiger partial charge on any atom is -0.271 e. The molecule has 9 heteroatoms. The van der Waals surface area contributed by atoms with Gasteiger partial charge in [-0.2, -0.15) is 5.10 Å². The SMILES string of the molecule is O=S(=O)(Cc1cc(F)cc(F)c1)NCCn1ccc(-c2cccs2)n1. The van der Waals surface area contributed by atoms with Crippen LogP contribution in [0.5, 0.6) is 0 Å². The second-order valence-electron chi connectivity index (χ2n) is 5.37. The quantitative estimate of drug-likeness (QED) is 0.682. The average Bonchev–Trinajstić information content (AvgIpc) is 3.15. The smallest absolute Gasteiger partial charge is 0.215 e. The Hall–Kier alpha value is -2.10. The molecule has 2 heterocycles. The number of aromatic nitrogens is 2. The first-order valence-electron chi connectivity index (χ1n) is 7.41. The summed E-state index contributed by atoms with van der Waals surface area (Å²) in [4.78, 5) is 1.03. The molecular weight excluding hydrogens is 368 g/mol. The summed E-state index contributed by atoms with van der Waals surface area (Å²) in [6.45, 7) is 0.480. The third kappa shape index (κ3) is 4.94. The van der Waals surface area contributed by atoms with Gasteiger partial charge in [0, 0.05) is 18.8 Å². The van der Waals surface area contributed by atoms with E-state index < -0.39 is 27.4 Å². The van der Waals surface area contributed by atoms with Gasteiger partial charge in [0.2, 0.25) is 10.0 Å². The van der Waals surface area contributed by atoms with Crippen molar-refractivity contribution in [2.75, 3.05) is 6.54 Å². The summed E-state index contributed by atoms with van der Waals surface area (Å²) in [5.74, 6) is -2.09. The van der Waals surface area contributed by atoms with Crippen LogP contribution in [0, 0.1) is 11.6 Å². The molecule has 0 aliphatic carbocycles. The number of hydrogen-bond donors (Lipinski definition) is 1. The second-order valence-corrected chi connectivity index (χ2v) is 8.13. The molecule has 0 unspecified atom stereocenters. The summed E-state index contributed by atoms with van der Waals surface area (Å²) >= 11 is 1.57. The Labute approximate surface area is 148 Å². The highest BCUT2D eigenvalue weighted by atomic mass is 32.2. The molecule has 0 amide bonds. The van der Waals surface area contributed by atoms with Gasteiger partial charge in [0.1, 0.15) is 17.3 Å². The molecule has 0 aliphatic rings. The van der Waals surface area contributed by atoms with E-state index in [0.29, 0.717) is 12.6 Å². The van der Waals surface area contributed by atoms with Crippen LogP contribution >= 0.6 is 11.3 Å². The zero-order chi connectivity index (χ0) is 17.9. The highest BCUT2D eigenvalue weighted by molar-refractivity contribution is 7.88. The number of halogens is 2. The lowest BCUT2D eigenvalue weighted by molar-refractivity contribution is 0.559. The topological polar surface area (TPSA) is 64.0 Å². The molecule has 25 heavy (non-hydrogen) atoms. The molecule has 132 valence electrons. The molecule has 0 saturated heterocycles. The van der Waals surface area contributed by atoms with Crippen LogP contribution in [0.3, 0.4) is 0 Å². The first kappa shape index (κ1) is 17.7. The molecule has 1 N–H and O–H groups in total. The molecule has 0 aliphatic heterocycles. The lowest BCUT2D eigenvalue weighted by Gasteiger charge is -2.07. The monoisotopic (exact) mass is 383 g/mol. The molecule has 0 spiro atoms. The second kappa shape index (κ2) is 7.42. The zero-order valence-corrected chi connectivity index (χ0v) is 14.7. The van der Waals surface area contributed by atoms with Crippen molar-refractivity contribution < 1.29 is 17.2 Å². The molecule has 1 aromatic carbocycles. The van der Waals surface area contributed by atoms with E-state index in [1.165, 1.54) is 0 Å². The first-order chi connectivity index (χ1) is 11.9. The summed E-state index contributed by atoms with van der Waals surface area (Å²) in [7, 11) is -3.70. The molecule has 3 rings (SSSR count). The molecule has 0 bridgehead atoms. The highest BCUT2D eigenvalue weighted by Crippen LogP contribution is 2.22. The van der Waals surface area contributed by atoms with Crippen LogP contribution in [-0.4, -0.2) is 24.7 Å². The average molecular weight is 383 g/mol. The van der Waals surface area contributed by atoms with Crippen molar-refractivity contribution in [3.63, 3.8) is 0 Å². The maximum absolute atomic E-state index is 13.1. The summed E-state index contributed by atoms with van der Waals surface area (Å²) in [6, 6.07) is 8.45. The van der Waals surface area contributed by atoms with Crippen LogP contribution in [0.2, 0.25) is 0 Å². The minimum atomic E-state index is -3.70. The van der Waals surface area contributed by atoms with Gasteiger partial charge in [0.25, 0.3) is 0 Å². The highest BCUT2D eigenvalue weighted by Gasteiger charge is 2.13. The predicted molar refractivity (Wildman–Crippen MR) is 92.5 cm³/mol. The van der Waals surface area contributed by atoms with Crippen molar-refractivity contribution >= 4 is 21.4 Å². The normalized spacial score (nSPS) is 11.8. The van der Waals surface area contributed by atoms with Crippen molar-refractivity contribution in [1.82, 2.24) is 14.5 Å². The van der Waals surface area contributed by atoms with Gasteiger partial charge in [-0.05, 0) is 35.2 Å². The minimum absolute atomic E-state index is 0.0593. The Morgan fingerprint density at radius 2 is 1.92 bits per heavy atom. The standard InChI is InChI=1S/C16H15F2N3O2S2/c17-13-8-12(9-14(18)10-13)11-25(22,23)19-4-6-21-5-3-15(20-21)16-2-1-7-24-16/h1-3,5,7-10,19H,4,6,11H2. The molecule has 0 radical (unpaired) electrons. The maximum atomic E-state index is 13.1. The van der Waals surface area contributed by atoms with Gasteiger partial charge >= 0.3 is 0 Å². The number of nitrogens with zero attached hydrogens (tertiary/aromatic N) is 2. The van der Waals surface area contributed by atoms with Crippen molar-refractivity contribution in [3.8, 4) is 10.6 Å². The van der Waals surface area contributed by atoms with Crippen LogP contribution in [-0.2, 0) is 22.3 Å². The van der Waals surface area contributed by atoms with Gasteiger partial charge in [-0.1, -0.05) is 6.07 Å². The number of hydrogen-bond acceptors (Lipinski definition) is 4. The van der Waals surface area contributed by atoms with Gasteiger partial charge in [0.05, 0.1) is 17.2 Å². The van der Waals surface area contributed by atoms with Gasteiger partial charge in [-0.25, -0.2) is 21.9 Å². The van der Waals surface area contributed by atoms with E-state index in [1.807, 2.05) is 23.6 Å². The van der Waals surface area contributed by atoms with Crippen LogP contribution in [0.15, 0.2) is 48.0 Å². The summed E-state index contributed by atoms with van der Waals surface area (Å²) < 4.78 is 54.3. The van der Waals surface area contributed by atoms with E-state index in [9.17, 15) is 17.2 Å². The summed E-state index contributed by atoms with van der Waals surface area (Å²) in [5.41, 5.74) is 0.886. The molecular formula is C16H15F2N3O2S2. The van der Waals surface area contributed by atoms with Crippen LogP contribution < -0.4 is 4.72 Å². The molecule has 0 atom stereocenters. The molecule has 0 fully saturated rings. The van der Waals surface area contributed by atoms with Gasteiger partial charge in [-0.15, -0.1) is 11.3 Å². The van der Waals surface area contributed by atoms with Crippen LogP contribution in [0.1, 0.15) is 5.56 Å². The van der Waals surface area contributed by atoms with E-state index in [2.05, 4.69) is 9.82 Å². The Kier molecular flexibility index (Phi) is 5.26. The molecule has 2 aromatic heterocycles. The van der Waals surface area contributed by atoms with Gasteiger partial charge < -0.3 is 0 Å². The summed E-state index contributed by atoms with van der Waals surface area (Å²) in [6.07, 6.45) is 1.77. The number of nitrogens with one attached hydrogen (secondary N) is 1. The van der Waals surface area contributed by atoms with Gasteiger partial charge in [-0.3, -0.25) is 4.68 Å². The van der Waals surface area contributed by atoms with Crippen molar-refractivity contribution in [1.29, 1.82) is 0 Å². The van der Waals surface area contributed by atoms with E-state index in [1.54, 1.807) is 22.2 Å². The molecule has 0 saturated carbocycles. The van der Waals surface area contributed by atoms with Crippen molar-refractivity contribution in [2.24, 2.45) is 0 Å². The zero-order valence-electron chi connectivity index (χ0n) is 13.0. The largest absolute Gasteiger partial charge is 0.271 e. The first-order valence-corrected chi connectivity index (χ1v) is 9.94. The maximum Gasteiger partial charge on any atom is 0.215 e. The van der Waals surface area contributed by atoms with E-state index in [-0.39, 0.29) is 12.1 Å². The Balaban J connectivity index is 1.55. The van der Waals surface area contributed by atoms with E-state index >= 15 is 0 Å². The fourth-order valence-corrected chi connectivity index (χ4v) is 4.12. The van der Waals surface area contributed by atoms with E-state index in [4.69, 9.17) is 0 Å². The number of sulfonamides is 1. The predicted octanol–water partition coefficient (Wildman–Crippen LogP) is 3.01. The van der Waals surface area contributed by atoms with E-state index in [0.717, 1.165) is 22.7 Å². The lowest BCUT2D eigenvalue weighted by Crippen LogP contribution is -2.28. The number of thiophene rings is 1. The van der Waals surface area contributed by atoms with Gasteiger partial charge in [0.15, 0.2) is 0 Å². The lowest BCUT2D eigenvalue weighted by atomic mass is 10.2.